The summed E-state index contributed by atoms with van der Waals surface area (Å²) in [4.78, 5) is 18.3. The Balaban J connectivity index is 1.66. The molecule has 0 radical (unpaired) electrons. The standard InChI is InChI=1S/C17H19N7O/c1-23-10-3-2-6-13(17(23)25)19-14-7-8-15-20-21-16(24(15)22-14)12-5-4-9-18-11-12/h4-5,7-9,11,13H,2-3,6,10H2,1H3,(H,19,22)/t13-/m1/s1. The average molecular weight is 337 g/mol. The Hall–Kier alpha value is -3.03. The highest BCUT2D eigenvalue weighted by Crippen LogP contribution is 2.19. The van der Waals surface area contributed by atoms with Gasteiger partial charge in [-0.25, -0.2) is 0 Å². The van der Waals surface area contributed by atoms with Gasteiger partial charge < -0.3 is 10.2 Å². The first-order chi connectivity index (χ1) is 12.2. The molecule has 8 heteroatoms. The number of likely N-dealkylation sites (tertiary alicyclic amines) is 1. The first kappa shape index (κ1) is 15.5. The number of carbonyl (C=O) groups excluding carboxylic acids is 1. The summed E-state index contributed by atoms with van der Waals surface area (Å²) in [6.07, 6.45) is 6.29. The van der Waals surface area contributed by atoms with Crippen molar-refractivity contribution in [3.05, 3.63) is 36.7 Å². The molecule has 1 atom stereocenters. The molecule has 0 aromatic carbocycles. The fourth-order valence-electron chi connectivity index (χ4n) is 3.05. The summed E-state index contributed by atoms with van der Waals surface area (Å²) in [5.41, 5.74) is 1.48. The maximum Gasteiger partial charge on any atom is 0.244 e. The molecule has 4 rings (SSSR count). The number of amides is 1. The number of rotatable bonds is 3. The Morgan fingerprint density at radius 3 is 2.96 bits per heavy atom. The average Bonchev–Trinajstić information content (AvgIpc) is 3.00. The normalized spacial score (nSPS) is 18.4. The summed E-state index contributed by atoms with van der Waals surface area (Å²) in [5.74, 6) is 1.36. The molecule has 1 amide bonds. The molecule has 1 saturated heterocycles. The number of carbonyl (C=O) groups is 1. The maximum atomic E-state index is 12.4. The van der Waals surface area contributed by atoms with E-state index in [-0.39, 0.29) is 11.9 Å². The van der Waals surface area contributed by atoms with Crippen LogP contribution in [0.3, 0.4) is 0 Å². The van der Waals surface area contributed by atoms with E-state index in [1.165, 1.54) is 0 Å². The Kier molecular flexibility index (Phi) is 4.01. The molecule has 25 heavy (non-hydrogen) atoms. The monoisotopic (exact) mass is 337 g/mol. The van der Waals surface area contributed by atoms with Crippen molar-refractivity contribution in [2.24, 2.45) is 0 Å². The lowest BCUT2D eigenvalue weighted by atomic mass is 10.1. The lowest BCUT2D eigenvalue weighted by Crippen LogP contribution is -2.39. The second-order valence-electron chi connectivity index (χ2n) is 6.21. The van der Waals surface area contributed by atoms with E-state index < -0.39 is 0 Å². The predicted molar refractivity (Wildman–Crippen MR) is 92.9 cm³/mol. The van der Waals surface area contributed by atoms with Gasteiger partial charge in [0, 0.05) is 31.5 Å². The summed E-state index contributed by atoms with van der Waals surface area (Å²) in [6, 6.07) is 7.17. The molecule has 1 fully saturated rings. The van der Waals surface area contributed by atoms with E-state index >= 15 is 0 Å². The molecule has 0 aliphatic carbocycles. The number of nitrogens with zero attached hydrogens (tertiary/aromatic N) is 6. The lowest BCUT2D eigenvalue weighted by Gasteiger charge is -2.21. The van der Waals surface area contributed by atoms with Crippen LogP contribution in [0.5, 0.6) is 0 Å². The van der Waals surface area contributed by atoms with Gasteiger partial charge in [0.15, 0.2) is 11.5 Å². The third kappa shape index (κ3) is 3.02. The smallest absolute Gasteiger partial charge is 0.244 e. The number of anilines is 1. The van der Waals surface area contributed by atoms with E-state index in [1.807, 2.05) is 31.3 Å². The fraction of sp³-hybridized carbons (Fsp3) is 0.353. The quantitative estimate of drug-likeness (QED) is 0.781. The van der Waals surface area contributed by atoms with Gasteiger partial charge in [-0.2, -0.15) is 4.52 Å². The van der Waals surface area contributed by atoms with Crippen LogP contribution >= 0.6 is 0 Å². The summed E-state index contributed by atoms with van der Waals surface area (Å²) < 4.78 is 1.67. The van der Waals surface area contributed by atoms with Crippen LogP contribution in [0.1, 0.15) is 19.3 Å². The minimum absolute atomic E-state index is 0.107. The SMILES string of the molecule is CN1CCCC[C@@H](Nc2ccc3nnc(-c4cccnc4)n3n2)C1=O. The third-order valence-corrected chi connectivity index (χ3v) is 4.42. The Bertz CT molecular complexity index is 892. The Morgan fingerprint density at radius 1 is 1.20 bits per heavy atom. The number of hydrogen-bond donors (Lipinski definition) is 1. The summed E-state index contributed by atoms with van der Waals surface area (Å²) >= 11 is 0. The highest BCUT2D eigenvalue weighted by molar-refractivity contribution is 5.84. The van der Waals surface area contributed by atoms with E-state index in [4.69, 9.17) is 0 Å². The Morgan fingerprint density at radius 2 is 2.12 bits per heavy atom. The number of likely N-dealkylation sites (N-methyl/N-ethyl adjacent to an activating group) is 1. The van der Waals surface area contributed by atoms with E-state index in [1.54, 1.807) is 21.8 Å². The van der Waals surface area contributed by atoms with Gasteiger partial charge in [-0.3, -0.25) is 9.78 Å². The third-order valence-electron chi connectivity index (χ3n) is 4.42. The van der Waals surface area contributed by atoms with Crippen LogP contribution in [-0.2, 0) is 4.79 Å². The molecule has 0 spiro atoms. The van der Waals surface area contributed by atoms with E-state index in [2.05, 4.69) is 25.6 Å². The second kappa shape index (κ2) is 6.46. The van der Waals surface area contributed by atoms with Crippen molar-refractivity contribution in [3.8, 4) is 11.4 Å². The van der Waals surface area contributed by atoms with Gasteiger partial charge >= 0.3 is 0 Å². The second-order valence-corrected chi connectivity index (χ2v) is 6.21. The van der Waals surface area contributed by atoms with Crippen LogP contribution in [0, 0.1) is 0 Å². The van der Waals surface area contributed by atoms with Crippen molar-refractivity contribution >= 4 is 17.4 Å². The molecule has 0 saturated carbocycles. The van der Waals surface area contributed by atoms with Crippen molar-refractivity contribution in [1.82, 2.24) is 29.7 Å². The number of aromatic nitrogens is 5. The number of pyridine rings is 1. The van der Waals surface area contributed by atoms with Crippen LogP contribution in [-0.4, -0.2) is 55.2 Å². The first-order valence-corrected chi connectivity index (χ1v) is 8.37. The fourth-order valence-corrected chi connectivity index (χ4v) is 3.05. The lowest BCUT2D eigenvalue weighted by molar-refractivity contribution is -0.130. The van der Waals surface area contributed by atoms with E-state index in [0.29, 0.717) is 17.3 Å². The largest absolute Gasteiger partial charge is 0.357 e. The van der Waals surface area contributed by atoms with Crippen molar-refractivity contribution < 1.29 is 4.79 Å². The van der Waals surface area contributed by atoms with Gasteiger partial charge in [0.25, 0.3) is 0 Å². The van der Waals surface area contributed by atoms with Crippen LogP contribution in [0.4, 0.5) is 5.82 Å². The van der Waals surface area contributed by atoms with Crippen LogP contribution in [0.25, 0.3) is 17.0 Å². The molecule has 128 valence electrons. The molecule has 1 N–H and O–H groups in total. The summed E-state index contributed by atoms with van der Waals surface area (Å²) in [6.45, 7) is 0.806. The van der Waals surface area contributed by atoms with Crippen molar-refractivity contribution in [2.45, 2.75) is 25.3 Å². The van der Waals surface area contributed by atoms with Gasteiger partial charge in [0.2, 0.25) is 5.91 Å². The van der Waals surface area contributed by atoms with Crippen LogP contribution in [0.2, 0.25) is 0 Å². The summed E-state index contributed by atoms with van der Waals surface area (Å²) in [5, 5.41) is 16.2. The summed E-state index contributed by atoms with van der Waals surface area (Å²) in [7, 11) is 1.85. The maximum absolute atomic E-state index is 12.4. The Labute approximate surface area is 144 Å². The highest BCUT2D eigenvalue weighted by Gasteiger charge is 2.25. The number of fused-ring (bicyclic) bond motifs is 1. The highest BCUT2D eigenvalue weighted by atomic mass is 16.2. The molecule has 1 aliphatic heterocycles. The van der Waals surface area contributed by atoms with Gasteiger partial charge in [-0.05, 0) is 43.5 Å². The molecule has 4 heterocycles. The zero-order chi connectivity index (χ0) is 17.2. The first-order valence-electron chi connectivity index (χ1n) is 8.37. The molecule has 8 nitrogen and oxygen atoms in total. The van der Waals surface area contributed by atoms with Crippen molar-refractivity contribution in [3.63, 3.8) is 0 Å². The van der Waals surface area contributed by atoms with Gasteiger partial charge in [0.1, 0.15) is 11.9 Å². The minimum atomic E-state index is -0.254. The molecule has 0 unspecified atom stereocenters. The molecule has 3 aromatic heterocycles. The van der Waals surface area contributed by atoms with Gasteiger partial charge in [-0.1, -0.05) is 0 Å². The number of hydrogen-bond acceptors (Lipinski definition) is 6. The zero-order valence-corrected chi connectivity index (χ0v) is 14.0. The van der Waals surface area contributed by atoms with Crippen molar-refractivity contribution in [2.75, 3.05) is 18.9 Å². The molecular formula is C17H19N7O. The molecular weight excluding hydrogens is 318 g/mol. The van der Waals surface area contributed by atoms with E-state index in [9.17, 15) is 4.79 Å². The zero-order valence-electron chi connectivity index (χ0n) is 14.0. The van der Waals surface area contributed by atoms with E-state index in [0.717, 1.165) is 31.4 Å². The van der Waals surface area contributed by atoms with Gasteiger partial charge in [-0.15, -0.1) is 15.3 Å². The van der Waals surface area contributed by atoms with Gasteiger partial charge in [0.05, 0.1) is 0 Å². The predicted octanol–water partition coefficient (Wildman–Crippen LogP) is 1.61. The van der Waals surface area contributed by atoms with Crippen molar-refractivity contribution in [1.29, 1.82) is 0 Å². The molecule has 1 aliphatic rings. The van der Waals surface area contributed by atoms with Crippen LogP contribution in [0.15, 0.2) is 36.7 Å². The van der Waals surface area contributed by atoms with Crippen LogP contribution < -0.4 is 5.32 Å². The molecule has 0 bridgehead atoms. The topological polar surface area (TPSA) is 88.3 Å². The number of nitrogens with one attached hydrogen (secondary N) is 1. The molecule has 3 aromatic rings. The minimum Gasteiger partial charge on any atom is -0.357 e.